The molecular weight excluding hydrogens is 317 g/mol. The van der Waals surface area contributed by atoms with E-state index in [2.05, 4.69) is 17.0 Å². The molecule has 0 aliphatic carbocycles. The van der Waals surface area contributed by atoms with Crippen molar-refractivity contribution in [2.45, 2.75) is 18.8 Å². The summed E-state index contributed by atoms with van der Waals surface area (Å²) >= 11 is 0. The highest BCUT2D eigenvalue weighted by atomic mass is 35.5. The minimum Gasteiger partial charge on any atom is -0.386 e. The molecule has 3 nitrogen and oxygen atoms in total. The second kappa shape index (κ2) is 8.41. The minimum atomic E-state index is -0.811. The Hall–Kier alpha value is -1.46. The lowest BCUT2D eigenvalue weighted by atomic mass is 10.0. The minimum absolute atomic E-state index is 0. The van der Waals surface area contributed by atoms with Crippen LogP contribution in [0.2, 0.25) is 0 Å². The molecule has 2 aromatic rings. The molecule has 23 heavy (non-hydrogen) atoms. The first-order valence-corrected chi connectivity index (χ1v) is 7.54. The Labute approximate surface area is 142 Å². The van der Waals surface area contributed by atoms with Crippen molar-refractivity contribution in [1.29, 1.82) is 0 Å². The van der Waals surface area contributed by atoms with Gasteiger partial charge in [-0.15, -0.1) is 12.4 Å². The molecule has 1 aliphatic heterocycles. The number of benzene rings is 2. The van der Waals surface area contributed by atoms with Gasteiger partial charge in [-0.1, -0.05) is 42.5 Å². The third kappa shape index (κ3) is 4.75. The third-order valence-corrected chi connectivity index (χ3v) is 3.97. The van der Waals surface area contributed by atoms with Crippen molar-refractivity contribution < 1.29 is 14.2 Å². The summed E-state index contributed by atoms with van der Waals surface area (Å²) in [6.07, 6.45) is -1.14. The molecule has 0 radical (unpaired) electrons. The highest BCUT2D eigenvalue weighted by Gasteiger charge is 2.28. The van der Waals surface area contributed by atoms with E-state index in [9.17, 15) is 9.50 Å². The summed E-state index contributed by atoms with van der Waals surface area (Å²) in [6.45, 7) is 2.87. The molecule has 2 aromatic carbocycles. The number of morpholine rings is 1. The van der Waals surface area contributed by atoms with E-state index in [4.69, 9.17) is 4.74 Å². The van der Waals surface area contributed by atoms with E-state index in [0.29, 0.717) is 18.7 Å². The van der Waals surface area contributed by atoms with E-state index in [1.54, 1.807) is 12.1 Å². The highest BCUT2D eigenvalue weighted by molar-refractivity contribution is 5.85. The second-order valence-electron chi connectivity index (χ2n) is 5.63. The van der Waals surface area contributed by atoms with E-state index in [1.165, 1.54) is 17.7 Å². The molecule has 1 aliphatic rings. The number of aliphatic hydroxyl groups excluding tert-OH is 1. The molecule has 1 heterocycles. The quantitative estimate of drug-likeness (QED) is 0.930. The average molecular weight is 338 g/mol. The molecule has 0 spiro atoms. The van der Waals surface area contributed by atoms with Gasteiger partial charge in [0.25, 0.3) is 0 Å². The van der Waals surface area contributed by atoms with Crippen LogP contribution in [0.4, 0.5) is 4.39 Å². The van der Waals surface area contributed by atoms with Gasteiger partial charge in [-0.25, -0.2) is 4.39 Å². The third-order valence-electron chi connectivity index (χ3n) is 3.97. The first-order valence-electron chi connectivity index (χ1n) is 7.54. The maximum absolute atomic E-state index is 13.3. The number of nitrogens with zero attached hydrogens (tertiary/aromatic N) is 1. The molecule has 0 bridgehead atoms. The van der Waals surface area contributed by atoms with Crippen molar-refractivity contribution in [1.82, 2.24) is 4.90 Å². The standard InChI is InChI=1S/C18H20FNO2.ClH/c19-16-8-4-7-15(11-16)18(21)17-13-20(9-10-22-17)12-14-5-2-1-3-6-14;/h1-8,11,17-18,21H,9-10,12-13H2;1H/t17-,18+;/m0./s1. The van der Waals surface area contributed by atoms with Gasteiger partial charge in [0.1, 0.15) is 18.0 Å². The summed E-state index contributed by atoms with van der Waals surface area (Å²) in [4.78, 5) is 2.26. The number of ether oxygens (including phenoxy) is 1. The van der Waals surface area contributed by atoms with Crippen molar-refractivity contribution in [3.05, 3.63) is 71.5 Å². The van der Waals surface area contributed by atoms with Gasteiger partial charge in [-0.05, 0) is 23.3 Å². The van der Waals surface area contributed by atoms with Crippen LogP contribution in [0.3, 0.4) is 0 Å². The van der Waals surface area contributed by atoms with E-state index in [1.807, 2.05) is 18.2 Å². The average Bonchev–Trinajstić information content (AvgIpc) is 2.55. The predicted molar refractivity (Wildman–Crippen MR) is 90.1 cm³/mol. The fourth-order valence-corrected chi connectivity index (χ4v) is 2.81. The van der Waals surface area contributed by atoms with Crippen LogP contribution >= 0.6 is 12.4 Å². The Kier molecular flexibility index (Phi) is 6.54. The molecule has 1 saturated heterocycles. The molecule has 1 fully saturated rings. The summed E-state index contributed by atoms with van der Waals surface area (Å²) in [6, 6.07) is 16.3. The monoisotopic (exact) mass is 337 g/mol. The molecule has 124 valence electrons. The smallest absolute Gasteiger partial charge is 0.123 e. The van der Waals surface area contributed by atoms with Gasteiger partial charge in [-0.2, -0.15) is 0 Å². The summed E-state index contributed by atoms with van der Waals surface area (Å²) < 4.78 is 19.0. The molecule has 2 atom stereocenters. The van der Waals surface area contributed by atoms with Gasteiger partial charge >= 0.3 is 0 Å². The Morgan fingerprint density at radius 2 is 1.96 bits per heavy atom. The zero-order valence-electron chi connectivity index (χ0n) is 12.8. The van der Waals surface area contributed by atoms with Crippen molar-refractivity contribution in [3.8, 4) is 0 Å². The lowest BCUT2D eigenvalue weighted by molar-refractivity contribution is -0.0919. The lowest BCUT2D eigenvalue weighted by Crippen LogP contribution is -2.44. The van der Waals surface area contributed by atoms with Gasteiger partial charge in [0.2, 0.25) is 0 Å². The van der Waals surface area contributed by atoms with Crippen LogP contribution < -0.4 is 0 Å². The molecule has 0 saturated carbocycles. The SMILES string of the molecule is Cl.O[C@H](c1cccc(F)c1)[C@@H]1CN(Cc2ccccc2)CCO1. The summed E-state index contributed by atoms with van der Waals surface area (Å²) in [5.41, 5.74) is 1.80. The Morgan fingerprint density at radius 3 is 2.70 bits per heavy atom. The Balaban J connectivity index is 0.00000192. The largest absolute Gasteiger partial charge is 0.386 e. The maximum atomic E-state index is 13.3. The van der Waals surface area contributed by atoms with Crippen LogP contribution in [0.1, 0.15) is 17.2 Å². The lowest BCUT2D eigenvalue weighted by Gasteiger charge is -2.35. The number of rotatable bonds is 4. The van der Waals surface area contributed by atoms with Crippen molar-refractivity contribution >= 4 is 12.4 Å². The van der Waals surface area contributed by atoms with E-state index < -0.39 is 6.10 Å². The second-order valence-corrected chi connectivity index (χ2v) is 5.63. The first kappa shape index (κ1) is 17.9. The van der Waals surface area contributed by atoms with Gasteiger partial charge in [0.15, 0.2) is 0 Å². The van der Waals surface area contributed by atoms with Gasteiger partial charge < -0.3 is 9.84 Å². The number of hydrogen-bond donors (Lipinski definition) is 1. The van der Waals surface area contributed by atoms with Gasteiger partial charge in [-0.3, -0.25) is 4.90 Å². The maximum Gasteiger partial charge on any atom is 0.123 e. The fourth-order valence-electron chi connectivity index (χ4n) is 2.81. The first-order chi connectivity index (χ1) is 10.7. The molecule has 0 amide bonds. The number of halogens is 2. The molecule has 0 unspecified atom stereocenters. The van der Waals surface area contributed by atoms with Crippen LogP contribution in [0.25, 0.3) is 0 Å². The predicted octanol–water partition coefficient (Wildman–Crippen LogP) is 3.18. The summed E-state index contributed by atoms with van der Waals surface area (Å²) in [5, 5.41) is 10.4. The fraction of sp³-hybridized carbons (Fsp3) is 0.333. The van der Waals surface area contributed by atoms with Crippen LogP contribution in [0.5, 0.6) is 0 Å². The van der Waals surface area contributed by atoms with Crippen LogP contribution in [-0.4, -0.2) is 35.8 Å². The zero-order chi connectivity index (χ0) is 15.4. The Morgan fingerprint density at radius 1 is 1.17 bits per heavy atom. The van der Waals surface area contributed by atoms with Crippen LogP contribution in [0.15, 0.2) is 54.6 Å². The molecular formula is C18H21ClFNO2. The normalized spacial score (nSPS) is 19.8. The molecule has 0 aromatic heterocycles. The van der Waals surface area contributed by atoms with E-state index in [-0.39, 0.29) is 24.3 Å². The molecule has 1 N–H and O–H groups in total. The highest BCUT2D eigenvalue weighted by Crippen LogP contribution is 2.23. The van der Waals surface area contributed by atoms with Gasteiger partial charge in [0.05, 0.1) is 6.61 Å². The summed E-state index contributed by atoms with van der Waals surface area (Å²) in [7, 11) is 0. The molecule has 3 rings (SSSR count). The zero-order valence-corrected chi connectivity index (χ0v) is 13.6. The Bertz CT molecular complexity index is 611. The summed E-state index contributed by atoms with van der Waals surface area (Å²) in [5.74, 6) is -0.339. The van der Waals surface area contributed by atoms with Crippen molar-refractivity contribution in [2.24, 2.45) is 0 Å². The van der Waals surface area contributed by atoms with E-state index in [0.717, 1.165) is 13.1 Å². The van der Waals surface area contributed by atoms with Crippen LogP contribution in [0, 0.1) is 5.82 Å². The van der Waals surface area contributed by atoms with Crippen molar-refractivity contribution in [3.63, 3.8) is 0 Å². The number of hydrogen-bond acceptors (Lipinski definition) is 3. The number of aliphatic hydroxyl groups is 1. The topological polar surface area (TPSA) is 32.7 Å². The van der Waals surface area contributed by atoms with E-state index >= 15 is 0 Å². The van der Waals surface area contributed by atoms with Crippen molar-refractivity contribution in [2.75, 3.05) is 19.7 Å². The van der Waals surface area contributed by atoms with Gasteiger partial charge in [0, 0.05) is 19.6 Å². The molecule has 5 heteroatoms. The van der Waals surface area contributed by atoms with Crippen LogP contribution in [-0.2, 0) is 11.3 Å².